The molecule has 1 aliphatic heterocycles. The predicted octanol–water partition coefficient (Wildman–Crippen LogP) is 5.39. The fraction of sp³-hybridized carbons (Fsp3) is 0.382. The number of carboxylic acids is 1. The summed E-state index contributed by atoms with van der Waals surface area (Å²) in [5.41, 5.74) is 1.14. The fourth-order valence-electron chi connectivity index (χ4n) is 6.00. The SMILES string of the molecule is CCC(C(=O)O)n1c(=O)c2cc(F)ccc2n(CCCCN2CCC(OC(c3ccccc3)c3ccccc3)CC2)c1=O. The number of likely N-dealkylation sites (tertiary alicyclic amines) is 1. The number of fused-ring (bicyclic) bond motifs is 1. The number of ether oxygens (including phenoxy) is 1. The Labute approximate surface area is 250 Å². The largest absolute Gasteiger partial charge is 0.480 e. The molecule has 0 bridgehead atoms. The smallest absolute Gasteiger partial charge is 0.332 e. The normalized spacial score (nSPS) is 15.2. The van der Waals surface area contributed by atoms with E-state index in [-0.39, 0.29) is 24.0 Å². The minimum atomic E-state index is -1.31. The zero-order valence-corrected chi connectivity index (χ0v) is 24.4. The second-order valence-corrected chi connectivity index (χ2v) is 11.1. The van der Waals surface area contributed by atoms with E-state index in [0.717, 1.165) is 60.7 Å². The number of aliphatic carboxylic acids is 1. The third-order valence-corrected chi connectivity index (χ3v) is 8.29. The Hall–Kier alpha value is -4.08. The number of benzene rings is 3. The van der Waals surface area contributed by atoms with Crippen LogP contribution in [0.3, 0.4) is 0 Å². The number of nitrogens with zero attached hydrogens (tertiary/aromatic N) is 3. The van der Waals surface area contributed by atoms with E-state index in [9.17, 15) is 23.9 Å². The van der Waals surface area contributed by atoms with Crippen molar-refractivity contribution in [2.45, 2.75) is 63.8 Å². The van der Waals surface area contributed by atoms with Gasteiger partial charge in [-0.05, 0) is 68.0 Å². The minimum Gasteiger partial charge on any atom is -0.480 e. The average molecular weight is 588 g/mol. The molecule has 0 radical (unpaired) electrons. The molecule has 1 aliphatic rings. The van der Waals surface area contributed by atoms with E-state index in [4.69, 9.17) is 4.74 Å². The highest BCUT2D eigenvalue weighted by Crippen LogP contribution is 2.30. The molecule has 1 unspecified atom stereocenters. The number of aromatic nitrogens is 2. The molecule has 1 atom stereocenters. The number of piperidine rings is 1. The molecule has 8 nitrogen and oxygen atoms in total. The molecule has 1 saturated heterocycles. The van der Waals surface area contributed by atoms with E-state index in [1.807, 2.05) is 36.4 Å². The lowest BCUT2D eigenvalue weighted by Crippen LogP contribution is -2.44. The summed E-state index contributed by atoms with van der Waals surface area (Å²) in [6, 6.07) is 23.0. The van der Waals surface area contributed by atoms with E-state index >= 15 is 0 Å². The highest BCUT2D eigenvalue weighted by molar-refractivity contribution is 5.79. The summed E-state index contributed by atoms with van der Waals surface area (Å²) in [6.07, 6.45) is 3.39. The van der Waals surface area contributed by atoms with Crippen molar-refractivity contribution in [2.24, 2.45) is 0 Å². The van der Waals surface area contributed by atoms with Crippen molar-refractivity contribution in [3.8, 4) is 0 Å². The van der Waals surface area contributed by atoms with Gasteiger partial charge in [-0.15, -0.1) is 0 Å². The molecule has 0 spiro atoms. The molecular formula is C34H38FN3O5. The number of rotatable bonds is 12. The molecule has 9 heteroatoms. The first-order valence-electron chi connectivity index (χ1n) is 15.0. The van der Waals surface area contributed by atoms with E-state index in [1.54, 1.807) is 6.92 Å². The van der Waals surface area contributed by atoms with Crippen LogP contribution in [-0.2, 0) is 16.1 Å². The monoisotopic (exact) mass is 587 g/mol. The maximum atomic E-state index is 14.0. The van der Waals surface area contributed by atoms with Gasteiger partial charge < -0.3 is 14.7 Å². The molecule has 5 rings (SSSR count). The molecule has 1 N–H and O–H groups in total. The summed E-state index contributed by atoms with van der Waals surface area (Å²) < 4.78 is 22.9. The number of carbonyl (C=O) groups is 1. The fourth-order valence-corrected chi connectivity index (χ4v) is 6.00. The van der Waals surface area contributed by atoms with E-state index < -0.39 is 29.1 Å². The molecule has 0 saturated carbocycles. The van der Waals surface area contributed by atoms with Gasteiger partial charge in [-0.2, -0.15) is 0 Å². The summed E-state index contributed by atoms with van der Waals surface area (Å²) in [4.78, 5) is 40.6. The van der Waals surface area contributed by atoms with Crippen LogP contribution in [0.5, 0.6) is 0 Å². The molecule has 2 heterocycles. The molecule has 0 amide bonds. The minimum absolute atomic E-state index is 0.00526. The van der Waals surface area contributed by atoms with E-state index in [0.29, 0.717) is 18.5 Å². The van der Waals surface area contributed by atoms with Crippen molar-refractivity contribution in [1.29, 1.82) is 0 Å². The van der Waals surface area contributed by atoms with Gasteiger partial charge in [-0.1, -0.05) is 67.6 Å². The van der Waals surface area contributed by atoms with Crippen molar-refractivity contribution in [3.05, 3.63) is 117 Å². The first-order valence-corrected chi connectivity index (χ1v) is 15.0. The maximum Gasteiger partial charge on any atom is 0.332 e. The highest BCUT2D eigenvalue weighted by Gasteiger charge is 2.26. The van der Waals surface area contributed by atoms with Crippen LogP contribution < -0.4 is 11.2 Å². The van der Waals surface area contributed by atoms with Crippen LogP contribution in [0.1, 0.15) is 62.3 Å². The third kappa shape index (κ3) is 6.95. The zero-order chi connectivity index (χ0) is 30.3. The van der Waals surface area contributed by atoms with Gasteiger partial charge in [0.15, 0.2) is 0 Å². The molecule has 1 fully saturated rings. The predicted molar refractivity (Wildman–Crippen MR) is 164 cm³/mol. The number of carboxylic acid groups (broad SMARTS) is 1. The number of hydrogen-bond acceptors (Lipinski definition) is 5. The maximum absolute atomic E-state index is 14.0. The molecule has 0 aliphatic carbocycles. The molecule has 3 aromatic carbocycles. The molecule has 226 valence electrons. The summed E-state index contributed by atoms with van der Waals surface area (Å²) in [5.74, 6) is -1.88. The van der Waals surface area contributed by atoms with E-state index in [1.165, 1.54) is 16.7 Å². The summed E-state index contributed by atoms with van der Waals surface area (Å²) in [6.45, 7) is 4.56. The van der Waals surface area contributed by atoms with Gasteiger partial charge in [0.05, 0.1) is 17.0 Å². The van der Waals surface area contributed by atoms with E-state index in [2.05, 4.69) is 29.2 Å². The Balaban J connectivity index is 1.20. The topological polar surface area (TPSA) is 93.8 Å². The average Bonchev–Trinajstić information content (AvgIpc) is 3.03. The summed E-state index contributed by atoms with van der Waals surface area (Å²) >= 11 is 0. The van der Waals surface area contributed by atoms with Gasteiger partial charge in [0.25, 0.3) is 5.56 Å². The van der Waals surface area contributed by atoms with Crippen LogP contribution in [0, 0.1) is 5.82 Å². The van der Waals surface area contributed by atoms with Crippen LogP contribution in [0.4, 0.5) is 4.39 Å². The second kappa shape index (κ2) is 13.9. The molecule has 1 aromatic heterocycles. The first kappa shape index (κ1) is 30.4. The van der Waals surface area contributed by atoms with Crippen LogP contribution in [0.25, 0.3) is 10.9 Å². The summed E-state index contributed by atoms with van der Waals surface area (Å²) in [5, 5.41) is 9.64. The summed E-state index contributed by atoms with van der Waals surface area (Å²) in [7, 11) is 0. The van der Waals surface area contributed by atoms with Crippen molar-refractivity contribution in [3.63, 3.8) is 0 Å². The standard InChI is InChI=1S/C34H38FN3O5/c1-2-29(33(40)41)38-32(39)28-23-26(35)15-16-30(28)37(34(38)42)20-10-9-19-36-21-17-27(18-22-36)43-31(24-11-5-3-6-12-24)25-13-7-4-8-14-25/h3-8,11-16,23,27,29,31H,2,9-10,17-22H2,1H3,(H,40,41). The van der Waals surface area contributed by atoms with Gasteiger partial charge >= 0.3 is 11.7 Å². The van der Waals surface area contributed by atoms with Gasteiger partial charge in [-0.3, -0.25) is 9.36 Å². The number of halogens is 1. The molecular weight excluding hydrogens is 549 g/mol. The Morgan fingerprint density at radius 1 is 0.930 bits per heavy atom. The second-order valence-electron chi connectivity index (χ2n) is 11.1. The Kier molecular flexibility index (Phi) is 9.84. The van der Waals surface area contributed by atoms with Crippen molar-refractivity contribution >= 4 is 16.9 Å². The van der Waals surface area contributed by atoms with Crippen molar-refractivity contribution in [1.82, 2.24) is 14.0 Å². The Bertz CT molecular complexity index is 1610. The lowest BCUT2D eigenvalue weighted by molar-refractivity contribution is -0.141. The highest BCUT2D eigenvalue weighted by atomic mass is 19.1. The number of aryl methyl sites for hydroxylation is 1. The number of unbranched alkanes of at least 4 members (excludes halogenated alkanes) is 1. The van der Waals surface area contributed by atoms with Gasteiger partial charge in [-0.25, -0.2) is 18.5 Å². The first-order chi connectivity index (χ1) is 20.9. The van der Waals surface area contributed by atoms with Gasteiger partial charge in [0.1, 0.15) is 18.0 Å². The quantitative estimate of drug-likeness (QED) is 0.224. The van der Waals surface area contributed by atoms with Crippen molar-refractivity contribution in [2.75, 3.05) is 19.6 Å². The molecule has 4 aromatic rings. The van der Waals surface area contributed by atoms with Gasteiger partial charge in [0.2, 0.25) is 0 Å². The lowest BCUT2D eigenvalue weighted by atomic mass is 10.00. The van der Waals surface area contributed by atoms with Crippen LogP contribution in [0.2, 0.25) is 0 Å². The van der Waals surface area contributed by atoms with Gasteiger partial charge in [0, 0.05) is 19.6 Å². The van der Waals surface area contributed by atoms with Crippen molar-refractivity contribution < 1.29 is 19.0 Å². The Morgan fingerprint density at radius 3 is 2.12 bits per heavy atom. The number of hydrogen-bond donors (Lipinski definition) is 1. The lowest BCUT2D eigenvalue weighted by Gasteiger charge is -2.34. The molecule has 43 heavy (non-hydrogen) atoms. The van der Waals surface area contributed by atoms with Crippen LogP contribution in [-0.4, -0.2) is 50.8 Å². The van der Waals surface area contributed by atoms with Crippen LogP contribution >= 0.6 is 0 Å². The van der Waals surface area contributed by atoms with Crippen LogP contribution in [0.15, 0.2) is 88.5 Å². The zero-order valence-electron chi connectivity index (χ0n) is 24.4. The third-order valence-electron chi connectivity index (χ3n) is 8.29. The Morgan fingerprint density at radius 2 is 1.53 bits per heavy atom.